The van der Waals surface area contributed by atoms with Crippen LogP contribution in [0.4, 0.5) is 0 Å². The largest absolute Gasteiger partial charge is 0.477 e. The average molecular weight is 1320 g/mol. The summed E-state index contributed by atoms with van der Waals surface area (Å²) in [6, 6.07) is -6.10. The van der Waals surface area contributed by atoms with E-state index in [1.165, 1.54) is 0 Å². The first-order valence-corrected chi connectivity index (χ1v) is 27.7. The van der Waals surface area contributed by atoms with E-state index >= 15 is 0 Å². The molecule has 0 aromatic carbocycles. The molecule has 3 amide bonds. The molecule has 42 heteroatoms. The monoisotopic (exact) mass is 1320 g/mol. The number of hydrogen-bond donors (Lipinski definition) is 26. The van der Waals surface area contributed by atoms with Gasteiger partial charge in [0.15, 0.2) is 25.2 Å². The van der Waals surface area contributed by atoms with E-state index in [0.29, 0.717) is 0 Å². The van der Waals surface area contributed by atoms with Gasteiger partial charge >= 0.3 is 11.9 Å². The minimum absolute atomic E-state index is 0.893. The van der Waals surface area contributed by atoms with Gasteiger partial charge in [0.1, 0.15) is 147 Å². The van der Waals surface area contributed by atoms with Gasteiger partial charge in [-0.05, 0) is 0 Å². The summed E-state index contributed by atoms with van der Waals surface area (Å²) in [5.74, 6) is -15.2. The van der Waals surface area contributed by atoms with E-state index in [4.69, 9.17) is 52.1 Å². The van der Waals surface area contributed by atoms with Crippen LogP contribution in [0.1, 0.15) is 19.8 Å². The van der Waals surface area contributed by atoms with Crippen molar-refractivity contribution in [3.8, 4) is 0 Å². The van der Waals surface area contributed by atoms with Gasteiger partial charge in [0.05, 0.1) is 63.9 Å². The van der Waals surface area contributed by atoms with Crippen LogP contribution in [0.5, 0.6) is 0 Å². The van der Waals surface area contributed by atoms with Crippen molar-refractivity contribution in [1.82, 2.24) is 16.0 Å². The van der Waals surface area contributed by atoms with Gasteiger partial charge in [-0.25, -0.2) is 9.59 Å². The molecule has 32 atom stereocenters. The van der Waals surface area contributed by atoms with E-state index in [1.807, 2.05) is 10.6 Å². The zero-order valence-corrected chi connectivity index (χ0v) is 47.2. The lowest BCUT2D eigenvalue weighted by Gasteiger charge is -2.52. The van der Waals surface area contributed by atoms with Crippen molar-refractivity contribution >= 4 is 29.7 Å². The number of carbonyl (C=O) groups is 5. The van der Waals surface area contributed by atoms with Gasteiger partial charge in [0.25, 0.3) is 11.6 Å². The number of carbonyl (C=O) groups excluding carboxylic acids is 3. The van der Waals surface area contributed by atoms with E-state index in [-0.39, 0.29) is 0 Å². The number of carboxylic acid groups (broad SMARTS) is 2. The van der Waals surface area contributed by atoms with Crippen molar-refractivity contribution in [2.45, 2.75) is 215 Å². The van der Waals surface area contributed by atoms with E-state index in [1.54, 1.807) is 0 Å². The second-order valence-corrected chi connectivity index (χ2v) is 21.9. The fraction of sp³-hybridized carbons (Fsp3) is 0.896. The van der Waals surface area contributed by atoms with Gasteiger partial charge in [0, 0.05) is 19.8 Å². The molecule has 6 rings (SSSR count). The summed E-state index contributed by atoms with van der Waals surface area (Å²) in [4.78, 5) is 64.5. The summed E-state index contributed by atoms with van der Waals surface area (Å²) in [7, 11) is 0. The van der Waals surface area contributed by atoms with Gasteiger partial charge in [-0.1, -0.05) is 0 Å². The van der Waals surface area contributed by atoms with Crippen molar-refractivity contribution in [1.29, 1.82) is 0 Å². The lowest BCUT2D eigenvalue weighted by atomic mass is 9.87. The molecule has 6 heterocycles. The number of aliphatic carboxylic acids is 2. The maximum atomic E-state index is 13.6. The van der Waals surface area contributed by atoms with E-state index in [0.717, 1.165) is 6.92 Å². The number of ether oxygens (including phenoxy) is 11. The number of rotatable bonds is 27. The molecule has 6 fully saturated rings. The summed E-state index contributed by atoms with van der Waals surface area (Å²) in [5.41, 5.74) is 0. The Morgan fingerprint density at radius 1 is 0.478 bits per heavy atom. The Labute approximate surface area is 506 Å². The maximum absolute atomic E-state index is 13.6. The Balaban J connectivity index is 1.32. The summed E-state index contributed by atoms with van der Waals surface area (Å²) < 4.78 is 62.1. The second kappa shape index (κ2) is 32.0. The van der Waals surface area contributed by atoms with Crippen LogP contribution in [0.25, 0.3) is 0 Å². The third kappa shape index (κ3) is 16.1. The minimum Gasteiger partial charge on any atom is -0.477 e. The normalized spacial score (nSPS) is 43.9. The first kappa shape index (κ1) is 75.1. The fourth-order valence-corrected chi connectivity index (χ4v) is 11.1. The summed E-state index contributed by atoms with van der Waals surface area (Å²) in [6.45, 7) is -9.10. The van der Waals surface area contributed by atoms with Crippen LogP contribution in [0, 0.1) is 0 Å². The Morgan fingerprint density at radius 2 is 0.911 bits per heavy atom. The first-order chi connectivity index (χ1) is 42.4. The van der Waals surface area contributed by atoms with E-state index in [2.05, 4.69) is 5.32 Å². The van der Waals surface area contributed by atoms with Crippen molar-refractivity contribution in [3.05, 3.63) is 0 Å². The average Bonchev–Trinajstić information content (AvgIpc) is 0.771. The molecule has 90 heavy (non-hydrogen) atoms. The number of hydrogen-bond acceptors (Lipinski definition) is 37. The predicted octanol–water partition coefficient (Wildman–Crippen LogP) is -17.3. The molecule has 26 N–H and O–H groups in total. The number of aliphatic hydroxyl groups excluding tert-OH is 21. The smallest absolute Gasteiger partial charge is 0.364 e. The van der Waals surface area contributed by atoms with Crippen molar-refractivity contribution in [2.24, 2.45) is 0 Å². The molecule has 0 radical (unpaired) electrons. The second-order valence-electron chi connectivity index (χ2n) is 21.9. The minimum atomic E-state index is -3.59. The summed E-state index contributed by atoms with van der Waals surface area (Å²) in [5, 5.41) is 253. The van der Waals surface area contributed by atoms with E-state index < -0.39 is 291 Å². The molecular weight excluding hydrogens is 1240 g/mol. The molecule has 6 aliphatic rings. The molecule has 6 aliphatic heterocycles. The van der Waals surface area contributed by atoms with Gasteiger partial charge in [0.2, 0.25) is 17.7 Å². The molecule has 42 nitrogen and oxygen atoms in total. The lowest BCUT2D eigenvalue weighted by Crippen LogP contribution is -2.72. The highest BCUT2D eigenvalue weighted by molar-refractivity contribution is 5.79. The molecule has 520 valence electrons. The highest BCUT2D eigenvalue weighted by Gasteiger charge is 2.63. The van der Waals surface area contributed by atoms with Crippen LogP contribution in [0.15, 0.2) is 0 Å². The molecule has 6 saturated heterocycles. The molecule has 0 aromatic heterocycles. The molecule has 0 bridgehead atoms. The van der Waals surface area contributed by atoms with Crippen molar-refractivity contribution in [3.63, 3.8) is 0 Å². The highest BCUT2D eigenvalue weighted by atomic mass is 16.8. The van der Waals surface area contributed by atoms with E-state index in [9.17, 15) is 141 Å². The number of carboxylic acids is 2. The lowest BCUT2D eigenvalue weighted by molar-refractivity contribution is -0.390. The number of nitrogens with one attached hydrogen (secondary N) is 3. The molecule has 0 unspecified atom stereocenters. The van der Waals surface area contributed by atoms with Crippen LogP contribution in [0.2, 0.25) is 0 Å². The topological polar surface area (TPSA) is 688 Å². The van der Waals surface area contributed by atoms with Crippen LogP contribution < -0.4 is 16.0 Å². The Hall–Kier alpha value is -3.93. The molecular formula is C48H79N3O39. The van der Waals surface area contributed by atoms with Crippen LogP contribution in [-0.4, -0.2) is 395 Å². The SMILES string of the molecule is CC(=O)N[C@H]1[C@H](O[C@H]2[C@@H](O)[C@@H](CO)O[C@@H](O[C@H]3[C@H](O)[C@@H](O)[C@H](O)O[C@@H]3CO)[C@@H]2O)O[C@H](CO)[C@@H](O)[C@@H]1O[C@@H]1O[C@H](CO)[C@H](O)[C@H](O[C@]2(C(=O)O)C[C@H](O)[C@@H](NC(=O)CO)[C@H]([C@H](O)[C@@H](CO)O[C@]3(C(=O)O)C[C@H](O)[C@@H](NC(=O)CO)[C@H]([C@H](O)[C@H](O)CO)O3)O2)[C@H]1O. The van der Waals surface area contributed by atoms with Crippen molar-refractivity contribution in [2.75, 3.05) is 52.9 Å². The number of aliphatic hydroxyl groups is 21. The number of amides is 3. The fourth-order valence-electron chi connectivity index (χ4n) is 11.1. The zero-order chi connectivity index (χ0) is 67.2. The first-order valence-electron chi connectivity index (χ1n) is 27.7. The maximum Gasteiger partial charge on any atom is 0.364 e. The van der Waals surface area contributed by atoms with Crippen molar-refractivity contribution < 1.29 is 194 Å². The Kier molecular flexibility index (Phi) is 26.7. The quantitative estimate of drug-likeness (QED) is 0.0363. The van der Waals surface area contributed by atoms with Gasteiger partial charge in [-0.2, -0.15) is 0 Å². The highest BCUT2D eigenvalue weighted by Crippen LogP contribution is 2.41. The van der Waals surface area contributed by atoms with Gasteiger partial charge in [-0.3, -0.25) is 14.4 Å². The Bertz CT molecular complexity index is 2360. The molecule has 0 aliphatic carbocycles. The zero-order valence-electron chi connectivity index (χ0n) is 47.2. The Morgan fingerprint density at radius 3 is 1.38 bits per heavy atom. The summed E-state index contributed by atoms with van der Waals surface area (Å²) in [6.07, 6.45) is -62.9. The van der Waals surface area contributed by atoms with Gasteiger partial charge in [-0.15, -0.1) is 0 Å². The third-order valence-electron chi connectivity index (χ3n) is 15.8. The standard InChI is InChI=1S/C48H79N3O39/c1-12(60)49-25-36(27(67)16(5-53)81-42(25)86-39-28(68)17(6-54)82-43(33(39)73)84-35-20(9-57)80-41(75)32(72)31(35)71)85-44-34(74)40(29(69)18(7-55)83-44)90-48(46(78)79)3-14(62)24(51-22(65)11-59)38(89-48)30(70)19(8-56)87-47(45(76)77)2-13(61)23(50-21(64)10-58)37(88-47)26(66)15(63)4-52/h13-20,23-44,52-59,61-63,66-75H,2-11H2,1H3,(H,49,60)(H,50,64)(H,51,65)(H,76,77)(H,78,79)/t13-,14-,15+,16+,17+,18+,19+,20+,23+,24+,25+,26+,27+,28-,29-,30+,31+,32+,33+,34+,35+,36+,37+,38+,39-,40-,41+,42-,43-,44-,47+,48-/m0/s1. The predicted molar refractivity (Wildman–Crippen MR) is 271 cm³/mol. The summed E-state index contributed by atoms with van der Waals surface area (Å²) >= 11 is 0. The molecule has 0 saturated carbocycles. The molecule has 0 spiro atoms. The van der Waals surface area contributed by atoms with Crippen LogP contribution in [0.3, 0.4) is 0 Å². The third-order valence-corrected chi connectivity index (χ3v) is 15.8. The molecule has 0 aromatic rings. The van der Waals surface area contributed by atoms with Crippen LogP contribution >= 0.6 is 0 Å². The van der Waals surface area contributed by atoms with Gasteiger partial charge < -0.3 is 186 Å². The van der Waals surface area contributed by atoms with Crippen LogP contribution in [-0.2, 0) is 76.1 Å².